The highest BCUT2D eigenvalue weighted by molar-refractivity contribution is 5.94. The second kappa shape index (κ2) is 13.1. The van der Waals surface area contributed by atoms with E-state index < -0.39 is 54.5 Å². The molecule has 35 heavy (non-hydrogen) atoms. The van der Waals surface area contributed by atoms with E-state index in [0.29, 0.717) is 5.56 Å². The van der Waals surface area contributed by atoms with Crippen molar-refractivity contribution in [2.24, 2.45) is 5.73 Å². The van der Waals surface area contributed by atoms with Gasteiger partial charge in [-0.2, -0.15) is 0 Å². The summed E-state index contributed by atoms with van der Waals surface area (Å²) in [6.45, 7) is 0.707. The summed E-state index contributed by atoms with van der Waals surface area (Å²) in [5.41, 5.74) is 7.02. The number of aliphatic carboxylic acids is 1. The Morgan fingerprint density at radius 2 is 1.34 bits per heavy atom. The number of carboxylic acid groups (broad SMARTS) is 1. The van der Waals surface area contributed by atoms with Gasteiger partial charge in [0, 0.05) is 12.8 Å². The lowest BCUT2D eigenvalue weighted by Crippen LogP contribution is -2.58. The van der Waals surface area contributed by atoms with Gasteiger partial charge in [-0.3, -0.25) is 19.2 Å². The van der Waals surface area contributed by atoms with Crippen molar-refractivity contribution in [3.63, 3.8) is 0 Å². The van der Waals surface area contributed by atoms with Crippen LogP contribution in [0.3, 0.4) is 0 Å². The predicted molar refractivity (Wildman–Crippen MR) is 126 cm³/mol. The summed E-state index contributed by atoms with van der Waals surface area (Å²) in [5.74, 6) is -3.41. The number of hydrogen-bond acceptors (Lipinski definition) is 7. The summed E-state index contributed by atoms with van der Waals surface area (Å²) in [5, 5.41) is 35.4. The quantitative estimate of drug-likeness (QED) is 0.200. The molecule has 0 radical (unpaired) electrons. The maximum Gasteiger partial charge on any atom is 0.322 e. The molecule has 0 heterocycles. The molecule has 0 saturated heterocycles. The lowest BCUT2D eigenvalue weighted by molar-refractivity contribution is -0.138. The minimum absolute atomic E-state index is 0.000809. The molecule has 0 aromatic heterocycles. The molecule has 188 valence electrons. The fourth-order valence-corrected chi connectivity index (χ4v) is 3.18. The maximum atomic E-state index is 13.2. The van der Waals surface area contributed by atoms with Crippen LogP contribution >= 0.6 is 0 Å². The number of amides is 3. The van der Waals surface area contributed by atoms with Crippen molar-refractivity contribution in [3.8, 4) is 5.75 Å². The van der Waals surface area contributed by atoms with Crippen molar-refractivity contribution >= 4 is 23.7 Å². The number of benzene rings is 2. The van der Waals surface area contributed by atoms with Gasteiger partial charge >= 0.3 is 5.97 Å². The van der Waals surface area contributed by atoms with Crippen molar-refractivity contribution in [1.29, 1.82) is 0 Å². The molecule has 0 spiro atoms. The number of aliphatic hydroxyl groups is 1. The lowest BCUT2D eigenvalue weighted by atomic mass is 10.0. The van der Waals surface area contributed by atoms with E-state index in [1.807, 2.05) is 0 Å². The van der Waals surface area contributed by atoms with Gasteiger partial charge in [0.05, 0.1) is 6.10 Å². The van der Waals surface area contributed by atoms with E-state index in [0.717, 1.165) is 5.56 Å². The van der Waals surface area contributed by atoms with Crippen molar-refractivity contribution < 1.29 is 34.5 Å². The number of carbonyl (C=O) groups is 4. The topological polar surface area (TPSA) is 191 Å². The minimum atomic E-state index is -1.29. The van der Waals surface area contributed by atoms with Crippen LogP contribution in [0.1, 0.15) is 18.1 Å². The van der Waals surface area contributed by atoms with Gasteiger partial charge in [0.25, 0.3) is 0 Å². The number of carboxylic acids is 1. The number of aromatic hydroxyl groups is 1. The minimum Gasteiger partial charge on any atom is -0.508 e. The number of rotatable bonds is 12. The van der Waals surface area contributed by atoms with Gasteiger partial charge in [0.15, 0.2) is 0 Å². The smallest absolute Gasteiger partial charge is 0.322 e. The summed E-state index contributed by atoms with van der Waals surface area (Å²) < 4.78 is 0. The Kier molecular flexibility index (Phi) is 10.2. The zero-order valence-corrected chi connectivity index (χ0v) is 19.2. The van der Waals surface area contributed by atoms with E-state index >= 15 is 0 Å². The number of hydrogen-bond donors (Lipinski definition) is 7. The summed E-state index contributed by atoms with van der Waals surface area (Å²) >= 11 is 0. The standard InChI is InChI=1S/C24H30N4O7/c1-14(29)21(25)24(35)28-19(12-16-7-9-17(30)10-8-16)23(34)27-18(22(33)26-13-20(31)32)11-15-5-3-2-4-6-15/h2-10,14,18-19,21,29-30H,11-13,25H2,1H3,(H,26,33)(H,27,34)(H,28,35)(H,31,32). The van der Waals surface area contributed by atoms with Gasteiger partial charge in [-0.25, -0.2) is 0 Å². The Morgan fingerprint density at radius 1 is 0.829 bits per heavy atom. The van der Waals surface area contributed by atoms with Crippen LogP contribution < -0.4 is 21.7 Å². The highest BCUT2D eigenvalue weighted by Gasteiger charge is 2.29. The lowest BCUT2D eigenvalue weighted by Gasteiger charge is -2.25. The summed E-state index contributed by atoms with van der Waals surface area (Å²) in [6.07, 6.45) is -1.09. The molecule has 0 saturated carbocycles. The zero-order valence-electron chi connectivity index (χ0n) is 19.2. The third-order valence-electron chi connectivity index (χ3n) is 5.16. The molecule has 3 amide bonds. The molecule has 4 unspecified atom stereocenters. The van der Waals surface area contributed by atoms with Gasteiger partial charge in [-0.05, 0) is 30.2 Å². The van der Waals surface area contributed by atoms with Crippen molar-refractivity contribution in [2.75, 3.05) is 6.54 Å². The van der Waals surface area contributed by atoms with Crippen molar-refractivity contribution in [2.45, 2.75) is 44.0 Å². The monoisotopic (exact) mass is 486 g/mol. The Bertz CT molecular complexity index is 1010. The number of nitrogens with one attached hydrogen (secondary N) is 3. The average Bonchev–Trinajstić information content (AvgIpc) is 2.82. The van der Waals surface area contributed by atoms with Crippen LogP contribution in [0.5, 0.6) is 5.75 Å². The Balaban J connectivity index is 2.25. The number of nitrogens with two attached hydrogens (primary N) is 1. The molecule has 2 rings (SSSR count). The van der Waals surface area contributed by atoms with E-state index in [1.165, 1.54) is 19.1 Å². The Labute approximate surface area is 202 Å². The van der Waals surface area contributed by atoms with E-state index in [-0.39, 0.29) is 18.6 Å². The number of phenols is 1. The number of phenolic OH excluding ortho intramolecular Hbond substituents is 1. The first-order chi connectivity index (χ1) is 16.6. The molecule has 2 aromatic carbocycles. The van der Waals surface area contributed by atoms with E-state index in [4.69, 9.17) is 10.8 Å². The van der Waals surface area contributed by atoms with Gasteiger partial charge in [0.2, 0.25) is 17.7 Å². The molecule has 2 aromatic rings. The average molecular weight is 487 g/mol. The van der Waals surface area contributed by atoms with Gasteiger partial charge < -0.3 is 37.0 Å². The fourth-order valence-electron chi connectivity index (χ4n) is 3.18. The summed E-state index contributed by atoms with van der Waals surface area (Å²) in [4.78, 5) is 49.2. The van der Waals surface area contributed by atoms with Crippen LogP contribution in [0.15, 0.2) is 54.6 Å². The molecule has 4 atom stereocenters. The van der Waals surface area contributed by atoms with Gasteiger partial charge in [-0.15, -0.1) is 0 Å². The van der Waals surface area contributed by atoms with Crippen LogP contribution in [0, 0.1) is 0 Å². The van der Waals surface area contributed by atoms with Crippen LogP contribution in [0.4, 0.5) is 0 Å². The van der Waals surface area contributed by atoms with E-state index in [9.17, 15) is 29.4 Å². The number of carbonyl (C=O) groups excluding carboxylic acids is 3. The molecule has 0 aliphatic heterocycles. The number of aliphatic hydroxyl groups excluding tert-OH is 1. The zero-order chi connectivity index (χ0) is 26.0. The second-order valence-electron chi connectivity index (χ2n) is 8.06. The van der Waals surface area contributed by atoms with E-state index in [2.05, 4.69) is 16.0 Å². The fraction of sp³-hybridized carbons (Fsp3) is 0.333. The first-order valence-electron chi connectivity index (χ1n) is 10.9. The Morgan fingerprint density at radius 3 is 1.89 bits per heavy atom. The largest absolute Gasteiger partial charge is 0.508 e. The predicted octanol–water partition coefficient (Wildman–Crippen LogP) is -0.944. The Hall–Kier alpha value is -3.96. The molecule has 11 nitrogen and oxygen atoms in total. The van der Waals surface area contributed by atoms with Gasteiger partial charge in [0.1, 0.15) is 30.4 Å². The first-order valence-corrected chi connectivity index (χ1v) is 10.9. The molecule has 11 heteroatoms. The van der Waals surface area contributed by atoms with Crippen LogP contribution in [-0.2, 0) is 32.0 Å². The molecule has 0 aliphatic carbocycles. The van der Waals surface area contributed by atoms with E-state index in [1.54, 1.807) is 42.5 Å². The molecular weight excluding hydrogens is 456 g/mol. The highest BCUT2D eigenvalue weighted by atomic mass is 16.4. The third kappa shape index (κ3) is 9.07. The third-order valence-corrected chi connectivity index (χ3v) is 5.16. The first kappa shape index (κ1) is 27.3. The van der Waals surface area contributed by atoms with Crippen LogP contribution in [0.2, 0.25) is 0 Å². The normalized spacial score (nSPS) is 14.1. The van der Waals surface area contributed by atoms with Gasteiger partial charge in [-0.1, -0.05) is 42.5 Å². The molecular formula is C24H30N4O7. The molecule has 0 aliphatic rings. The second-order valence-corrected chi connectivity index (χ2v) is 8.06. The molecule has 8 N–H and O–H groups in total. The van der Waals surface area contributed by atoms with Crippen LogP contribution in [-0.4, -0.2) is 69.8 Å². The summed E-state index contributed by atoms with van der Waals surface area (Å²) in [7, 11) is 0. The van der Waals surface area contributed by atoms with Crippen molar-refractivity contribution in [3.05, 3.63) is 65.7 Å². The molecule has 0 fully saturated rings. The van der Waals surface area contributed by atoms with Crippen molar-refractivity contribution in [1.82, 2.24) is 16.0 Å². The maximum absolute atomic E-state index is 13.2. The SMILES string of the molecule is CC(O)C(N)C(=O)NC(Cc1ccc(O)cc1)C(=O)NC(Cc1ccccc1)C(=O)NCC(=O)O. The highest BCUT2D eigenvalue weighted by Crippen LogP contribution is 2.12. The molecule has 0 bridgehead atoms. The summed E-state index contributed by atoms with van der Waals surface area (Å²) in [6, 6.07) is 11.2. The van der Waals surface area contributed by atoms with Crippen LogP contribution in [0.25, 0.3) is 0 Å².